The quantitative estimate of drug-likeness (QED) is 0.361. The van der Waals surface area contributed by atoms with Crippen molar-refractivity contribution in [2.45, 2.75) is 12.1 Å². The van der Waals surface area contributed by atoms with E-state index in [1.807, 2.05) is 0 Å². The minimum Gasteiger partial charge on any atom is -0.329 e. The Hall–Kier alpha value is -0.120. The highest BCUT2D eigenvalue weighted by Crippen LogP contribution is 2.04. The predicted molar refractivity (Wildman–Crippen MR) is 28.8 cm³/mol. The van der Waals surface area contributed by atoms with Crippen molar-refractivity contribution in [2.75, 3.05) is 13.1 Å². The third kappa shape index (κ3) is 0.907. The fourth-order valence-electron chi connectivity index (χ4n) is 0.684. The standard InChI is InChI=1S/C4H11N3/c5-1-3-4(2-6)7-3/h3-4,7H,1-2,5-6H2. The van der Waals surface area contributed by atoms with E-state index in [9.17, 15) is 0 Å². The molecular weight excluding hydrogens is 90.1 g/mol. The molecular formula is C4H11N3. The zero-order valence-electron chi connectivity index (χ0n) is 4.22. The van der Waals surface area contributed by atoms with Gasteiger partial charge in [-0.3, -0.25) is 0 Å². The van der Waals surface area contributed by atoms with Gasteiger partial charge in [-0.05, 0) is 0 Å². The summed E-state index contributed by atoms with van der Waals surface area (Å²) in [5, 5.41) is 3.12. The Morgan fingerprint density at radius 1 is 1.14 bits per heavy atom. The van der Waals surface area contributed by atoms with E-state index in [-0.39, 0.29) is 0 Å². The summed E-state index contributed by atoms with van der Waals surface area (Å²) in [6.45, 7) is 1.45. The lowest BCUT2D eigenvalue weighted by Gasteiger charge is -1.82. The van der Waals surface area contributed by atoms with Gasteiger partial charge < -0.3 is 16.8 Å². The molecule has 3 nitrogen and oxygen atoms in total. The van der Waals surface area contributed by atoms with Crippen molar-refractivity contribution in [3.63, 3.8) is 0 Å². The summed E-state index contributed by atoms with van der Waals surface area (Å²) in [5.41, 5.74) is 10.6. The molecule has 1 heterocycles. The van der Waals surface area contributed by atoms with Gasteiger partial charge in [0.1, 0.15) is 0 Å². The van der Waals surface area contributed by atoms with Crippen molar-refractivity contribution in [1.29, 1.82) is 0 Å². The van der Waals surface area contributed by atoms with Crippen molar-refractivity contribution < 1.29 is 0 Å². The Morgan fingerprint density at radius 2 is 1.57 bits per heavy atom. The van der Waals surface area contributed by atoms with Crippen molar-refractivity contribution in [3.8, 4) is 0 Å². The van der Waals surface area contributed by atoms with Crippen LogP contribution in [0.5, 0.6) is 0 Å². The minimum atomic E-state index is 0.519. The molecule has 7 heavy (non-hydrogen) atoms. The second-order valence-electron chi connectivity index (χ2n) is 1.85. The van der Waals surface area contributed by atoms with Gasteiger partial charge in [0, 0.05) is 25.2 Å². The summed E-state index contributed by atoms with van der Waals surface area (Å²) in [6.07, 6.45) is 0. The van der Waals surface area contributed by atoms with E-state index in [0.29, 0.717) is 12.1 Å². The topological polar surface area (TPSA) is 74.0 Å². The minimum absolute atomic E-state index is 0.519. The third-order valence-corrected chi connectivity index (χ3v) is 1.31. The van der Waals surface area contributed by atoms with E-state index < -0.39 is 0 Å². The molecule has 0 aliphatic carbocycles. The Labute approximate surface area is 43.1 Å². The van der Waals surface area contributed by atoms with Crippen LogP contribution in [0.3, 0.4) is 0 Å². The molecule has 1 rings (SSSR count). The van der Waals surface area contributed by atoms with Crippen LogP contribution in [0.1, 0.15) is 0 Å². The highest BCUT2D eigenvalue weighted by Gasteiger charge is 2.32. The van der Waals surface area contributed by atoms with Crippen LogP contribution in [0.15, 0.2) is 0 Å². The maximum Gasteiger partial charge on any atom is 0.0360 e. The van der Waals surface area contributed by atoms with Crippen LogP contribution in [-0.2, 0) is 0 Å². The summed E-state index contributed by atoms with van der Waals surface area (Å²) in [6, 6.07) is 1.04. The van der Waals surface area contributed by atoms with Crippen molar-refractivity contribution in [1.82, 2.24) is 5.32 Å². The van der Waals surface area contributed by atoms with E-state index in [1.165, 1.54) is 0 Å². The molecule has 0 amide bonds. The molecule has 42 valence electrons. The molecule has 0 radical (unpaired) electrons. The summed E-state index contributed by atoms with van der Waals surface area (Å²) in [4.78, 5) is 0. The van der Waals surface area contributed by atoms with Gasteiger partial charge in [0.2, 0.25) is 0 Å². The van der Waals surface area contributed by atoms with Gasteiger partial charge in [0.05, 0.1) is 0 Å². The first kappa shape index (κ1) is 5.03. The fraction of sp³-hybridized carbons (Fsp3) is 1.00. The molecule has 0 aromatic carbocycles. The monoisotopic (exact) mass is 101 g/mol. The van der Waals surface area contributed by atoms with E-state index in [4.69, 9.17) is 11.5 Å². The lowest BCUT2D eigenvalue weighted by Crippen LogP contribution is -2.15. The number of hydrogen-bond donors (Lipinski definition) is 3. The second-order valence-corrected chi connectivity index (χ2v) is 1.85. The molecule has 5 N–H and O–H groups in total. The molecule has 0 saturated carbocycles. The first-order valence-electron chi connectivity index (χ1n) is 2.54. The molecule has 0 aromatic rings. The average molecular weight is 101 g/mol. The molecule has 1 fully saturated rings. The van der Waals surface area contributed by atoms with Crippen LogP contribution in [-0.4, -0.2) is 25.2 Å². The number of hydrogen-bond acceptors (Lipinski definition) is 3. The van der Waals surface area contributed by atoms with Gasteiger partial charge in [-0.25, -0.2) is 0 Å². The first-order chi connectivity index (χ1) is 3.38. The van der Waals surface area contributed by atoms with Crippen LogP contribution >= 0.6 is 0 Å². The molecule has 0 aromatic heterocycles. The summed E-state index contributed by atoms with van der Waals surface area (Å²) < 4.78 is 0. The van der Waals surface area contributed by atoms with Crippen LogP contribution in [0.4, 0.5) is 0 Å². The van der Waals surface area contributed by atoms with Crippen molar-refractivity contribution >= 4 is 0 Å². The van der Waals surface area contributed by atoms with E-state index in [1.54, 1.807) is 0 Å². The summed E-state index contributed by atoms with van der Waals surface area (Å²) in [7, 11) is 0. The number of nitrogens with one attached hydrogen (secondary N) is 1. The maximum absolute atomic E-state index is 5.28. The van der Waals surface area contributed by atoms with E-state index in [0.717, 1.165) is 13.1 Å². The van der Waals surface area contributed by atoms with Gasteiger partial charge >= 0.3 is 0 Å². The fourth-order valence-corrected chi connectivity index (χ4v) is 0.684. The zero-order chi connectivity index (χ0) is 5.28. The lowest BCUT2D eigenvalue weighted by molar-refractivity contribution is 0.872. The maximum atomic E-state index is 5.28. The predicted octanol–water partition coefficient (Wildman–Crippen LogP) is -1.76. The average Bonchev–Trinajstić information content (AvgIpc) is 2.43. The van der Waals surface area contributed by atoms with Gasteiger partial charge in [0.15, 0.2) is 0 Å². The third-order valence-electron chi connectivity index (χ3n) is 1.31. The van der Waals surface area contributed by atoms with Crippen LogP contribution in [0.25, 0.3) is 0 Å². The molecule has 3 heteroatoms. The van der Waals surface area contributed by atoms with Crippen LogP contribution in [0.2, 0.25) is 0 Å². The highest BCUT2D eigenvalue weighted by molar-refractivity contribution is 4.98. The Balaban J connectivity index is 2.06. The molecule has 2 atom stereocenters. The Morgan fingerprint density at radius 3 is 1.71 bits per heavy atom. The van der Waals surface area contributed by atoms with Gasteiger partial charge in [-0.15, -0.1) is 0 Å². The van der Waals surface area contributed by atoms with E-state index >= 15 is 0 Å². The Bertz CT molecular complexity index is 56.0. The molecule has 1 aliphatic heterocycles. The molecule has 0 bridgehead atoms. The van der Waals surface area contributed by atoms with Crippen molar-refractivity contribution in [3.05, 3.63) is 0 Å². The van der Waals surface area contributed by atoms with Crippen molar-refractivity contribution in [2.24, 2.45) is 11.5 Å². The number of nitrogens with two attached hydrogens (primary N) is 2. The van der Waals surface area contributed by atoms with E-state index in [2.05, 4.69) is 5.32 Å². The van der Waals surface area contributed by atoms with Gasteiger partial charge in [-0.2, -0.15) is 0 Å². The smallest absolute Gasteiger partial charge is 0.0360 e. The molecule has 1 saturated heterocycles. The largest absolute Gasteiger partial charge is 0.329 e. The zero-order valence-corrected chi connectivity index (χ0v) is 4.22. The van der Waals surface area contributed by atoms with Gasteiger partial charge in [-0.1, -0.05) is 0 Å². The molecule has 0 spiro atoms. The lowest BCUT2D eigenvalue weighted by atomic mass is 10.3. The number of rotatable bonds is 2. The molecule has 1 aliphatic rings. The van der Waals surface area contributed by atoms with Crippen LogP contribution in [0, 0.1) is 0 Å². The first-order valence-corrected chi connectivity index (χ1v) is 2.54. The highest BCUT2D eigenvalue weighted by atomic mass is 15.2. The second kappa shape index (κ2) is 1.78. The summed E-state index contributed by atoms with van der Waals surface area (Å²) in [5.74, 6) is 0. The van der Waals surface area contributed by atoms with Gasteiger partial charge in [0.25, 0.3) is 0 Å². The Kier molecular flexibility index (Phi) is 1.27. The summed E-state index contributed by atoms with van der Waals surface area (Å²) >= 11 is 0. The normalized spacial score (nSPS) is 38.6. The SMILES string of the molecule is NCC1NC1CN. The molecule has 2 unspecified atom stereocenters. The van der Waals surface area contributed by atoms with Crippen LogP contribution < -0.4 is 16.8 Å².